The molecule has 10 nitrogen and oxygen atoms in total. The van der Waals surface area contributed by atoms with E-state index in [1.54, 1.807) is 49.0 Å². The first kappa shape index (κ1) is 26.1. The molecule has 1 amide bonds. The standard InChI is InChI=1S/C24H27F3N8O2/c1-13(28)20(36)29-12-14-7-6-8-15(9-14)35-17(11-19(33-35)24(25,26)27)22-31-30-21(37-22)16-10-18(23(2,3)4)32-34(16)5/h6-11,13H,12,28H2,1-5H3,(H,29,36)/t13-/m0/s1. The largest absolute Gasteiger partial charge is 0.435 e. The van der Waals surface area contributed by atoms with Gasteiger partial charge in [-0.1, -0.05) is 32.9 Å². The van der Waals surface area contributed by atoms with Gasteiger partial charge in [0.1, 0.15) is 11.4 Å². The van der Waals surface area contributed by atoms with E-state index in [4.69, 9.17) is 10.2 Å². The third-order valence-corrected chi connectivity index (χ3v) is 5.55. The predicted molar refractivity (Wildman–Crippen MR) is 128 cm³/mol. The van der Waals surface area contributed by atoms with Gasteiger partial charge in [0, 0.05) is 25.1 Å². The number of nitrogens with two attached hydrogens (primary N) is 1. The number of hydrogen-bond acceptors (Lipinski definition) is 7. The molecule has 0 spiro atoms. The average molecular weight is 517 g/mol. The van der Waals surface area contributed by atoms with Crippen LogP contribution in [0.25, 0.3) is 28.9 Å². The van der Waals surface area contributed by atoms with Crippen molar-refractivity contribution in [2.45, 2.75) is 51.9 Å². The maximum atomic E-state index is 13.6. The highest BCUT2D eigenvalue weighted by Gasteiger charge is 2.36. The zero-order chi connectivity index (χ0) is 27.1. The van der Waals surface area contributed by atoms with Crippen molar-refractivity contribution in [3.05, 3.63) is 53.3 Å². The van der Waals surface area contributed by atoms with Gasteiger partial charge in [0.05, 0.1) is 17.4 Å². The van der Waals surface area contributed by atoms with Gasteiger partial charge in [0.15, 0.2) is 5.69 Å². The Balaban J connectivity index is 1.73. The lowest BCUT2D eigenvalue weighted by Crippen LogP contribution is -2.37. The van der Waals surface area contributed by atoms with Crippen LogP contribution >= 0.6 is 0 Å². The summed E-state index contributed by atoms with van der Waals surface area (Å²) in [6, 6.07) is 8.51. The Morgan fingerprint density at radius 2 is 1.70 bits per heavy atom. The highest BCUT2D eigenvalue weighted by Crippen LogP contribution is 2.34. The van der Waals surface area contributed by atoms with Gasteiger partial charge in [-0.2, -0.15) is 23.4 Å². The minimum atomic E-state index is -4.70. The van der Waals surface area contributed by atoms with Crippen LogP contribution in [0.3, 0.4) is 0 Å². The molecule has 3 aromatic heterocycles. The molecule has 0 aliphatic heterocycles. The highest BCUT2D eigenvalue weighted by atomic mass is 19.4. The molecule has 13 heteroatoms. The molecule has 0 saturated carbocycles. The predicted octanol–water partition coefficient (Wildman–Crippen LogP) is 3.60. The Labute approximate surface area is 210 Å². The molecular weight excluding hydrogens is 489 g/mol. The number of aryl methyl sites for hydroxylation is 1. The lowest BCUT2D eigenvalue weighted by Gasteiger charge is -2.13. The van der Waals surface area contributed by atoms with Gasteiger partial charge < -0.3 is 15.5 Å². The summed E-state index contributed by atoms with van der Waals surface area (Å²) in [5.41, 5.74) is 6.44. The molecule has 4 aromatic rings. The molecule has 0 aliphatic carbocycles. The van der Waals surface area contributed by atoms with Gasteiger partial charge in [-0.25, -0.2) is 4.68 Å². The van der Waals surface area contributed by atoms with E-state index in [1.165, 1.54) is 0 Å². The number of alkyl halides is 3. The Morgan fingerprint density at radius 1 is 1.05 bits per heavy atom. The average Bonchev–Trinajstić information content (AvgIpc) is 3.54. The SMILES string of the molecule is C[C@H](N)C(=O)NCc1cccc(-n2nc(C(F)(F)F)cc2-c2nnc(-c3cc(C(C)(C)C)nn3C)o2)c1. The third kappa shape index (κ3) is 5.56. The number of benzene rings is 1. The number of carbonyl (C=O) groups excluding carboxylic acids is 1. The van der Waals surface area contributed by atoms with Crippen molar-refractivity contribution in [2.24, 2.45) is 12.8 Å². The number of halogens is 3. The van der Waals surface area contributed by atoms with Crippen molar-refractivity contribution in [1.29, 1.82) is 0 Å². The maximum absolute atomic E-state index is 13.6. The molecule has 0 radical (unpaired) electrons. The quantitative estimate of drug-likeness (QED) is 0.401. The monoisotopic (exact) mass is 516 g/mol. The van der Waals surface area contributed by atoms with Crippen LogP contribution < -0.4 is 11.1 Å². The van der Waals surface area contributed by atoms with Crippen molar-refractivity contribution in [3.8, 4) is 28.9 Å². The van der Waals surface area contributed by atoms with Crippen LogP contribution in [0.2, 0.25) is 0 Å². The van der Waals surface area contributed by atoms with Crippen LogP contribution in [0.15, 0.2) is 40.8 Å². The van der Waals surface area contributed by atoms with E-state index in [-0.39, 0.29) is 35.3 Å². The van der Waals surface area contributed by atoms with Crippen molar-refractivity contribution in [1.82, 2.24) is 35.1 Å². The van der Waals surface area contributed by atoms with Crippen LogP contribution in [-0.2, 0) is 30.0 Å². The molecule has 0 fully saturated rings. The van der Waals surface area contributed by atoms with Gasteiger partial charge in [-0.15, -0.1) is 10.2 Å². The number of rotatable bonds is 6. The molecule has 3 heterocycles. The van der Waals surface area contributed by atoms with E-state index in [0.717, 1.165) is 16.4 Å². The molecule has 3 N–H and O–H groups in total. The Bertz CT molecular complexity index is 1430. The topological polar surface area (TPSA) is 130 Å². The van der Waals surface area contributed by atoms with Crippen molar-refractivity contribution >= 4 is 5.91 Å². The summed E-state index contributed by atoms with van der Waals surface area (Å²) in [5, 5.41) is 19.0. The summed E-state index contributed by atoms with van der Waals surface area (Å²) in [5.74, 6) is -0.394. The normalized spacial score (nSPS) is 13.1. The number of aromatic nitrogens is 6. The minimum Gasteiger partial charge on any atom is -0.413 e. The molecule has 0 bridgehead atoms. The van der Waals surface area contributed by atoms with E-state index in [1.807, 2.05) is 20.8 Å². The second-order valence-corrected chi connectivity index (χ2v) is 9.70. The minimum absolute atomic E-state index is 0.0407. The number of carbonyl (C=O) groups is 1. The molecular formula is C24H27F3N8O2. The highest BCUT2D eigenvalue weighted by molar-refractivity contribution is 5.80. The maximum Gasteiger partial charge on any atom is 0.435 e. The summed E-state index contributed by atoms with van der Waals surface area (Å²) < 4.78 is 49.3. The van der Waals surface area contributed by atoms with Gasteiger partial charge in [-0.3, -0.25) is 9.48 Å². The second-order valence-electron chi connectivity index (χ2n) is 9.70. The summed E-state index contributed by atoms with van der Waals surface area (Å²) in [7, 11) is 1.72. The van der Waals surface area contributed by atoms with E-state index in [9.17, 15) is 18.0 Å². The lowest BCUT2D eigenvalue weighted by atomic mass is 9.92. The molecule has 0 saturated heterocycles. The van der Waals surface area contributed by atoms with E-state index in [0.29, 0.717) is 16.9 Å². The number of hydrogen-bond donors (Lipinski definition) is 2. The van der Waals surface area contributed by atoms with Gasteiger partial charge >= 0.3 is 6.18 Å². The summed E-state index contributed by atoms with van der Waals surface area (Å²) >= 11 is 0. The van der Waals surface area contributed by atoms with Crippen molar-refractivity contribution in [2.75, 3.05) is 0 Å². The van der Waals surface area contributed by atoms with E-state index < -0.39 is 17.9 Å². The zero-order valence-electron chi connectivity index (χ0n) is 21.0. The van der Waals surface area contributed by atoms with Crippen LogP contribution in [0, 0.1) is 0 Å². The van der Waals surface area contributed by atoms with Gasteiger partial charge in [0.2, 0.25) is 5.91 Å². The first-order valence-corrected chi connectivity index (χ1v) is 11.4. The van der Waals surface area contributed by atoms with Crippen molar-refractivity contribution < 1.29 is 22.4 Å². The first-order valence-electron chi connectivity index (χ1n) is 11.4. The van der Waals surface area contributed by atoms with Crippen molar-refractivity contribution in [3.63, 3.8) is 0 Å². The summed E-state index contributed by atoms with van der Waals surface area (Å²) in [6.45, 7) is 7.70. The lowest BCUT2D eigenvalue weighted by molar-refractivity contribution is -0.141. The molecule has 0 unspecified atom stereocenters. The molecule has 196 valence electrons. The summed E-state index contributed by atoms with van der Waals surface area (Å²) in [4.78, 5) is 11.8. The second kappa shape index (κ2) is 9.47. The zero-order valence-corrected chi connectivity index (χ0v) is 21.0. The van der Waals surface area contributed by atoms with Crippen LogP contribution in [-0.4, -0.2) is 41.7 Å². The molecule has 0 aliphatic rings. The van der Waals surface area contributed by atoms with Gasteiger partial charge in [0.25, 0.3) is 11.8 Å². The molecule has 1 aromatic carbocycles. The Hall–Kier alpha value is -4.00. The fourth-order valence-electron chi connectivity index (χ4n) is 3.48. The van der Waals surface area contributed by atoms with E-state index >= 15 is 0 Å². The number of amides is 1. The van der Waals surface area contributed by atoms with Gasteiger partial charge in [-0.05, 0) is 30.7 Å². The summed E-state index contributed by atoms with van der Waals surface area (Å²) in [6.07, 6.45) is -4.70. The third-order valence-electron chi connectivity index (χ3n) is 5.55. The number of nitrogens with one attached hydrogen (secondary N) is 1. The van der Waals surface area contributed by atoms with Crippen LogP contribution in [0.4, 0.5) is 13.2 Å². The molecule has 4 rings (SSSR count). The fourth-order valence-corrected chi connectivity index (χ4v) is 3.48. The first-order chi connectivity index (χ1) is 17.2. The Kier molecular flexibility index (Phi) is 6.67. The van der Waals surface area contributed by atoms with Crippen LogP contribution in [0.5, 0.6) is 0 Å². The van der Waals surface area contributed by atoms with E-state index in [2.05, 4.69) is 25.7 Å². The molecule has 37 heavy (non-hydrogen) atoms. The fraction of sp³-hybridized carbons (Fsp3) is 0.375. The smallest absolute Gasteiger partial charge is 0.413 e. The number of nitrogens with zero attached hydrogens (tertiary/aromatic N) is 6. The Morgan fingerprint density at radius 3 is 2.30 bits per heavy atom. The van der Waals surface area contributed by atoms with Crippen LogP contribution in [0.1, 0.15) is 44.6 Å². The molecule has 1 atom stereocenters.